The summed E-state index contributed by atoms with van der Waals surface area (Å²) >= 11 is 0. The Morgan fingerprint density at radius 2 is 1.83 bits per heavy atom. The van der Waals surface area contributed by atoms with Crippen LogP contribution in [0, 0.1) is 13.8 Å². The summed E-state index contributed by atoms with van der Waals surface area (Å²) < 4.78 is 31.4. The van der Waals surface area contributed by atoms with E-state index in [9.17, 15) is 13.2 Å². The molecule has 1 N–H and O–H groups in total. The average Bonchev–Trinajstić information content (AvgIpc) is 2.63. The zero-order valence-electron chi connectivity index (χ0n) is 17.7. The lowest BCUT2D eigenvalue weighted by molar-refractivity contribution is -0.119. The number of aryl methyl sites for hydroxylation is 2. The number of anilines is 1. The summed E-state index contributed by atoms with van der Waals surface area (Å²) in [6, 6.07) is 13.3. The molecule has 158 valence electrons. The second kappa shape index (κ2) is 9.78. The lowest BCUT2D eigenvalue weighted by Crippen LogP contribution is -2.41. The van der Waals surface area contributed by atoms with Gasteiger partial charge in [0.2, 0.25) is 15.9 Å². The number of rotatable bonds is 9. The number of hydrogen-bond acceptors (Lipinski definition) is 4. The normalized spacial score (nSPS) is 11.4. The third-order valence-electron chi connectivity index (χ3n) is 4.53. The number of para-hydroxylation sites is 1. The van der Waals surface area contributed by atoms with Crippen LogP contribution in [0.1, 0.15) is 36.5 Å². The number of nitrogens with zero attached hydrogens (tertiary/aromatic N) is 1. The van der Waals surface area contributed by atoms with Crippen molar-refractivity contribution in [3.63, 3.8) is 0 Å². The fourth-order valence-corrected chi connectivity index (χ4v) is 4.01. The summed E-state index contributed by atoms with van der Waals surface area (Å²) in [6.45, 7) is 8.27. The third kappa shape index (κ3) is 6.49. The lowest BCUT2D eigenvalue weighted by atomic mass is 10.0. The smallest absolute Gasteiger partial charge is 0.240 e. The number of nitrogens with one attached hydrogen (secondary N) is 1. The van der Waals surface area contributed by atoms with Crippen LogP contribution in [0.4, 0.5) is 5.69 Å². The maximum Gasteiger partial charge on any atom is 0.240 e. The minimum absolute atomic E-state index is 0.273. The standard InChI is InChI=1S/C22H30N2O4S/c1-16(2)19-8-6-7-9-21(19)28-13-12-23-22(25)15-24(29(5,26)27)20-11-10-17(3)14-18(20)4/h6-11,14,16H,12-13,15H2,1-5H3,(H,23,25). The highest BCUT2D eigenvalue weighted by Gasteiger charge is 2.22. The number of ether oxygens (including phenoxy) is 1. The van der Waals surface area contributed by atoms with E-state index in [-0.39, 0.29) is 19.0 Å². The van der Waals surface area contributed by atoms with Crippen LogP contribution in [-0.2, 0) is 14.8 Å². The molecular formula is C22H30N2O4S. The first-order valence-corrected chi connectivity index (χ1v) is 11.5. The molecule has 0 aliphatic rings. The Morgan fingerprint density at radius 1 is 1.14 bits per heavy atom. The fourth-order valence-electron chi connectivity index (χ4n) is 3.09. The second-order valence-corrected chi connectivity index (χ2v) is 9.36. The van der Waals surface area contributed by atoms with Crippen molar-refractivity contribution in [3.05, 3.63) is 59.2 Å². The fraction of sp³-hybridized carbons (Fsp3) is 0.409. The van der Waals surface area contributed by atoms with E-state index in [0.717, 1.165) is 33.0 Å². The molecule has 0 saturated heterocycles. The van der Waals surface area contributed by atoms with Crippen molar-refractivity contribution in [1.29, 1.82) is 0 Å². The molecule has 0 fully saturated rings. The predicted molar refractivity (Wildman–Crippen MR) is 117 cm³/mol. The third-order valence-corrected chi connectivity index (χ3v) is 5.66. The SMILES string of the molecule is Cc1ccc(N(CC(=O)NCCOc2ccccc2C(C)C)S(C)(=O)=O)c(C)c1. The maximum absolute atomic E-state index is 12.4. The minimum atomic E-state index is -3.60. The molecule has 0 bridgehead atoms. The van der Waals surface area contributed by atoms with Gasteiger partial charge in [-0.15, -0.1) is 0 Å². The van der Waals surface area contributed by atoms with Crippen molar-refractivity contribution in [2.75, 3.05) is 30.3 Å². The van der Waals surface area contributed by atoms with E-state index in [2.05, 4.69) is 19.2 Å². The molecule has 7 heteroatoms. The van der Waals surface area contributed by atoms with E-state index >= 15 is 0 Å². The van der Waals surface area contributed by atoms with E-state index in [1.165, 1.54) is 0 Å². The Balaban J connectivity index is 1.96. The Bertz CT molecular complexity index is 955. The van der Waals surface area contributed by atoms with E-state index in [4.69, 9.17) is 4.74 Å². The Labute approximate surface area is 173 Å². The molecule has 0 aromatic heterocycles. The van der Waals surface area contributed by atoms with Crippen LogP contribution >= 0.6 is 0 Å². The van der Waals surface area contributed by atoms with E-state index in [1.54, 1.807) is 6.07 Å². The number of carbonyl (C=O) groups is 1. The van der Waals surface area contributed by atoms with Gasteiger partial charge < -0.3 is 10.1 Å². The first-order valence-electron chi connectivity index (χ1n) is 9.63. The van der Waals surface area contributed by atoms with E-state index in [0.29, 0.717) is 18.2 Å². The monoisotopic (exact) mass is 418 g/mol. The Hall–Kier alpha value is -2.54. The van der Waals surface area contributed by atoms with Crippen LogP contribution in [0.25, 0.3) is 0 Å². The van der Waals surface area contributed by atoms with Gasteiger partial charge in [0, 0.05) is 0 Å². The molecule has 0 atom stereocenters. The summed E-state index contributed by atoms with van der Waals surface area (Å²) in [5.41, 5.74) is 3.45. The van der Waals surface area contributed by atoms with Gasteiger partial charge in [0.1, 0.15) is 18.9 Å². The maximum atomic E-state index is 12.4. The zero-order valence-corrected chi connectivity index (χ0v) is 18.5. The van der Waals surface area contributed by atoms with Crippen molar-refractivity contribution in [2.24, 2.45) is 0 Å². The molecule has 0 aliphatic heterocycles. The molecule has 29 heavy (non-hydrogen) atoms. The Kier molecular flexibility index (Phi) is 7.67. The molecule has 0 aliphatic carbocycles. The average molecular weight is 419 g/mol. The molecule has 0 saturated carbocycles. The summed E-state index contributed by atoms with van der Waals surface area (Å²) in [4.78, 5) is 12.4. The topological polar surface area (TPSA) is 75.7 Å². The van der Waals surface area contributed by atoms with Crippen LogP contribution < -0.4 is 14.4 Å². The van der Waals surface area contributed by atoms with Crippen LogP contribution in [0.3, 0.4) is 0 Å². The van der Waals surface area contributed by atoms with Gasteiger partial charge in [0.15, 0.2) is 0 Å². The van der Waals surface area contributed by atoms with Crippen LogP contribution in [0.5, 0.6) is 5.75 Å². The first-order chi connectivity index (χ1) is 13.6. The largest absolute Gasteiger partial charge is 0.491 e. The van der Waals surface area contributed by atoms with Gasteiger partial charge in [-0.05, 0) is 43.0 Å². The summed E-state index contributed by atoms with van der Waals surface area (Å²) in [5.74, 6) is 0.753. The number of hydrogen-bond donors (Lipinski definition) is 1. The quantitative estimate of drug-likeness (QED) is 0.634. The van der Waals surface area contributed by atoms with Gasteiger partial charge in [-0.3, -0.25) is 9.10 Å². The summed E-state index contributed by atoms with van der Waals surface area (Å²) in [6.07, 6.45) is 1.10. The van der Waals surface area contributed by atoms with Gasteiger partial charge >= 0.3 is 0 Å². The van der Waals surface area contributed by atoms with Crippen molar-refractivity contribution in [1.82, 2.24) is 5.32 Å². The zero-order chi connectivity index (χ0) is 21.6. The van der Waals surface area contributed by atoms with Crippen molar-refractivity contribution >= 4 is 21.6 Å². The van der Waals surface area contributed by atoms with Crippen molar-refractivity contribution in [2.45, 2.75) is 33.6 Å². The molecule has 0 spiro atoms. The molecule has 2 aromatic rings. The highest BCUT2D eigenvalue weighted by molar-refractivity contribution is 7.92. The van der Waals surface area contributed by atoms with Crippen molar-refractivity contribution in [3.8, 4) is 5.75 Å². The van der Waals surface area contributed by atoms with Gasteiger partial charge in [-0.25, -0.2) is 8.42 Å². The highest BCUT2D eigenvalue weighted by atomic mass is 32.2. The lowest BCUT2D eigenvalue weighted by Gasteiger charge is -2.24. The minimum Gasteiger partial charge on any atom is -0.491 e. The molecular weight excluding hydrogens is 388 g/mol. The number of sulfonamides is 1. The van der Waals surface area contributed by atoms with Crippen LogP contribution in [-0.4, -0.2) is 40.3 Å². The summed E-state index contributed by atoms with van der Waals surface area (Å²) in [7, 11) is -3.60. The van der Waals surface area contributed by atoms with Gasteiger partial charge in [0.05, 0.1) is 18.5 Å². The summed E-state index contributed by atoms with van der Waals surface area (Å²) in [5, 5.41) is 2.73. The van der Waals surface area contributed by atoms with Gasteiger partial charge in [-0.2, -0.15) is 0 Å². The molecule has 0 unspecified atom stereocenters. The molecule has 2 aromatic carbocycles. The molecule has 1 amide bonds. The van der Waals surface area contributed by atoms with Gasteiger partial charge in [-0.1, -0.05) is 49.7 Å². The predicted octanol–water partition coefficient (Wildman–Crippen LogP) is 3.39. The molecule has 6 nitrogen and oxygen atoms in total. The van der Waals surface area contributed by atoms with Crippen LogP contribution in [0.15, 0.2) is 42.5 Å². The molecule has 0 radical (unpaired) electrons. The number of benzene rings is 2. The number of carbonyl (C=O) groups excluding carboxylic acids is 1. The first kappa shape index (κ1) is 22.7. The van der Waals surface area contributed by atoms with Crippen molar-refractivity contribution < 1.29 is 17.9 Å². The van der Waals surface area contributed by atoms with Crippen LogP contribution in [0.2, 0.25) is 0 Å². The molecule has 0 heterocycles. The highest BCUT2D eigenvalue weighted by Crippen LogP contribution is 2.26. The van der Waals surface area contributed by atoms with Gasteiger partial charge in [0.25, 0.3) is 0 Å². The Morgan fingerprint density at radius 3 is 2.45 bits per heavy atom. The molecule has 2 rings (SSSR count). The second-order valence-electron chi connectivity index (χ2n) is 7.45. The van der Waals surface area contributed by atoms with E-state index in [1.807, 2.05) is 50.2 Å². The number of amides is 1. The van der Waals surface area contributed by atoms with E-state index < -0.39 is 10.0 Å².